The van der Waals surface area contributed by atoms with E-state index in [1.54, 1.807) is 29.2 Å². The highest BCUT2D eigenvalue weighted by Gasteiger charge is 2.49. The van der Waals surface area contributed by atoms with Gasteiger partial charge in [0.2, 0.25) is 0 Å². The zero-order valence-corrected chi connectivity index (χ0v) is 17.9. The van der Waals surface area contributed by atoms with Crippen LogP contribution in [-0.2, 0) is 6.42 Å². The molecule has 3 aromatic rings. The van der Waals surface area contributed by atoms with E-state index in [2.05, 4.69) is 10.6 Å². The third kappa shape index (κ3) is 3.68. The number of hydrogen-bond acceptors (Lipinski definition) is 3. The average Bonchev–Trinajstić information content (AvgIpc) is 2.79. The van der Waals surface area contributed by atoms with E-state index in [0.29, 0.717) is 24.2 Å². The van der Waals surface area contributed by atoms with Gasteiger partial charge < -0.3 is 15.4 Å². The minimum absolute atomic E-state index is 0.0802. The van der Waals surface area contributed by atoms with Gasteiger partial charge in [0.05, 0.1) is 6.04 Å². The molecule has 2 N–H and O–H groups in total. The molecule has 3 aromatic carbocycles. The minimum atomic E-state index is -0.805. The highest BCUT2D eigenvalue weighted by atomic mass is 16.5. The smallest absolute Gasteiger partial charge is 0.325 e. The molecule has 0 aliphatic carbocycles. The molecule has 2 atom stereocenters. The van der Waals surface area contributed by atoms with Crippen LogP contribution in [0.25, 0.3) is 0 Å². The maximum Gasteiger partial charge on any atom is 0.325 e. The second-order valence-electron chi connectivity index (χ2n) is 8.39. The molecule has 0 saturated carbocycles. The zero-order chi connectivity index (χ0) is 22.1. The quantitative estimate of drug-likeness (QED) is 0.633. The summed E-state index contributed by atoms with van der Waals surface area (Å²) in [6.45, 7) is 2.49. The Hall–Kier alpha value is -3.80. The van der Waals surface area contributed by atoms with E-state index in [4.69, 9.17) is 4.74 Å². The molecule has 2 bridgehead atoms. The topological polar surface area (TPSA) is 70.7 Å². The Bertz CT molecular complexity index is 1150. The Balaban J connectivity index is 1.29. The first-order valence-corrected chi connectivity index (χ1v) is 10.8. The number of fused-ring (bicyclic) bond motifs is 4. The Morgan fingerprint density at radius 2 is 1.78 bits per heavy atom. The van der Waals surface area contributed by atoms with E-state index in [1.807, 2.05) is 61.5 Å². The van der Waals surface area contributed by atoms with Crippen LogP contribution in [0, 0.1) is 0 Å². The van der Waals surface area contributed by atoms with E-state index < -0.39 is 5.72 Å². The van der Waals surface area contributed by atoms with Gasteiger partial charge in [-0.1, -0.05) is 48.5 Å². The fourth-order valence-corrected chi connectivity index (χ4v) is 4.54. The number of nitrogens with zero attached hydrogens (tertiary/aromatic N) is 1. The molecule has 32 heavy (non-hydrogen) atoms. The van der Waals surface area contributed by atoms with Gasteiger partial charge in [0.15, 0.2) is 5.72 Å². The summed E-state index contributed by atoms with van der Waals surface area (Å²) < 4.78 is 6.29. The van der Waals surface area contributed by atoms with Crippen LogP contribution in [0.15, 0.2) is 78.9 Å². The molecule has 0 radical (unpaired) electrons. The van der Waals surface area contributed by atoms with Crippen molar-refractivity contribution in [3.63, 3.8) is 0 Å². The number of carbonyl (C=O) groups excluding carboxylic acids is 2. The summed E-state index contributed by atoms with van der Waals surface area (Å²) in [6.07, 6.45) is 1.41. The largest absolute Gasteiger partial charge is 0.467 e. The summed E-state index contributed by atoms with van der Waals surface area (Å²) in [7, 11) is 0. The molecule has 3 amide bonds. The minimum Gasteiger partial charge on any atom is -0.467 e. The fraction of sp³-hybridized carbons (Fsp3) is 0.231. The van der Waals surface area contributed by atoms with Crippen molar-refractivity contribution in [2.24, 2.45) is 0 Å². The van der Waals surface area contributed by atoms with Gasteiger partial charge in [-0.2, -0.15) is 0 Å². The maximum atomic E-state index is 13.0. The summed E-state index contributed by atoms with van der Waals surface area (Å²) in [5, 5.41) is 6.04. The maximum absolute atomic E-state index is 13.0. The number of para-hydroxylation sites is 1. The van der Waals surface area contributed by atoms with Gasteiger partial charge in [0.1, 0.15) is 5.75 Å². The lowest BCUT2D eigenvalue weighted by atomic mass is 9.90. The molecular formula is C26H25N3O3. The van der Waals surface area contributed by atoms with Crippen molar-refractivity contribution in [1.29, 1.82) is 0 Å². The highest BCUT2D eigenvalue weighted by molar-refractivity contribution is 5.97. The van der Waals surface area contributed by atoms with Gasteiger partial charge in [-0.15, -0.1) is 0 Å². The molecule has 0 aromatic heterocycles. The fourth-order valence-electron chi connectivity index (χ4n) is 4.54. The molecule has 2 aliphatic heterocycles. The van der Waals surface area contributed by atoms with Crippen molar-refractivity contribution >= 4 is 17.6 Å². The predicted molar refractivity (Wildman–Crippen MR) is 123 cm³/mol. The van der Waals surface area contributed by atoms with Crippen molar-refractivity contribution in [3.05, 3.63) is 95.6 Å². The van der Waals surface area contributed by atoms with Crippen molar-refractivity contribution in [2.75, 3.05) is 11.4 Å². The lowest BCUT2D eigenvalue weighted by molar-refractivity contribution is 0.0379. The molecule has 6 heteroatoms. The number of benzene rings is 3. The number of nitrogens with one attached hydrogen (secondary N) is 2. The summed E-state index contributed by atoms with van der Waals surface area (Å²) in [4.78, 5) is 27.1. The Kier molecular flexibility index (Phi) is 5.05. The molecule has 162 valence electrons. The van der Waals surface area contributed by atoms with Gasteiger partial charge in [0, 0.05) is 29.8 Å². The molecule has 2 unspecified atom stereocenters. The average molecular weight is 428 g/mol. The summed E-state index contributed by atoms with van der Waals surface area (Å²) in [6, 6.07) is 24.6. The summed E-state index contributed by atoms with van der Waals surface area (Å²) >= 11 is 0. The SMILES string of the molecule is CC12CC(NC(=O)N1c1ccc(C(=O)NCCc3ccccc3)cc1)c1ccccc1O2. The van der Waals surface area contributed by atoms with Crippen LogP contribution >= 0.6 is 0 Å². The van der Waals surface area contributed by atoms with Gasteiger partial charge in [0.25, 0.3) is 5.91 Å². The van der Waals surface area contributed by atoms with Crippen LogP contribution in [-0.4, -0.2) is 24.2 Å². The lowest BCUT2D eigenvalue weighted by Gasteiger charge is -2.50. The molecule has 2 heterocycles. The lowest BCUT2D eigenvalue weighted by Crippen LogP contribution is -2.65. The number of hydrogen-bond donors (Lipinski definition) is 2. The first kappa shape index (κ1) is 20.1. The molecule has 2 aliphatic rings. The van der Waals surface area contributed by atoms with E-state index in [1.165, 1.54) is 5.56 Å². The summed E-state index contributed by atoms with van der Waals surface area (Å²) in [5.74, 6) is 0.648. The third-order valence-corrected chi connectivity index (χ3v) is 6.11. The number of rotatable bonds is 5. The van der Waals surface area contributed by atoms with Crippen LogP contribution in [0.2, 0.25) is 0 Å². The third-order valence-electron chi connectivity index (χ3n) is 6.11. The van der Waals surface area contributed by atoms with Gasteiger partial charge in [-0.25, -0.2) is 4.79 Å². The molecule has 1 saturated heterocycles. The first-order valence-electron chi connectivity index (χ1n) is 10.8. The van der Waals surface area contributed by atoms with Crippen LogP contribution in [0.4, 0.5) is 10.5 Å². The number of urea groups is 1. The number of carbonyl (C=O) groups is 2. The van der Waals surface area contributed by atoms with Crippen molar-refractivity contribution in [1.82, 2.24) is 10.6 Å². The van der Waals surface area contributed by atoms with Crippen molar-refractivity contribution in [3.8, 4) is 5.75 Å². The van der Waals surface area contributed by atoms with Gasteiger partial charge in [-0.05, 0) is 49.2 Å². The molecular weight excluding hydrogens is 402 g/mol. The number of amides is 3. The second-order valence-corrected chi connectivity index (χ2v) is 8.39. The Morgan fingerprint density at radius 1 is 1.06 bits per heavy atom. The van der Waals surface area contributed by atoms with E-state index in [-0.39, 0.29) is 18.0 Å². The summed E-state index contributed by atoms with van der Waals surface area (Å²) in [5.41, 5.74) is 2.61. The highest BCUT2D eigenvalue weighted by Crippen LogP contribution is 2.45. The van der Waals surface area contributed by atoms with Crippen LogP contribution in [0.1, 0.15) is 40.9 Å². The van der Waals surface area contributed by atoms with Gasteiger partial charge >= 0.3 is 6.03 Å². The van der Waals surface area contributed by atoms with E-state index in [0.717, 1.165) is 17.7 Å². The van der Waals surface area contributed by atoms with Crippen LogP contribution in [0.5, 0.6) is 5.75 Å². The standard InChI is InChI=1S/C26H25N3O3/c1-26-17-22(21-9-5-6-10-23(21)32-26)28-25(31)29(26)20-13-11-19(12-14-20)24(30)27-16-15-18-7-3-2-4-8-18/h2-14,22H,15-17H2,1H3,(H,27,30)(H,28,31). The number of anilines is 1. The zero-order valence-electron chi connectivity index (χ0n) is 17.9. The van der Waals surface area contributed by atoms with E-state index >= 15 is 0 Å². The van der Waals surface area contributed by atoms with E-state index in [9.17, 15) is 9.59 Å². The van der Waals surface area contributed by atoms with Crippen LogP contribution < -0.4 is 20.3 Å². The van der Waals surface area contributed by atoms with Crippen LogP contribution in [0.3, 0.4) is 0 Å². The Morgan fingerprint density at radius 3 is 2.56 bits per heavy atom. The monoisotopic (exact) mass is 427 g/mol. The molecule has 0 spiro atoms. The normalized spacial score (nSPS) is 21.2. The molecule has 5 rings (SSSR count). The number of ether oxygens (including phenoxy) is 1. The Labute approximate surface area is 187 Å². The molecule has 1 fully saturated rings. The molecule has 6 nitrogen and oxygen atoms in total. The van der Waals surface area contributed by atoms with Gasteiger partial charge in [-0.3, -0.25) is 9.69 Å². The predicted octanol–water partition coefficient (Wildman–Crippen LogP) is 4.43. The first-order chi connectivity index (χ1) is 15.5. The van der Waals surface area contributed by atoms with Crippen molar-refractivity contribution in [2.45, 2.75) is 31.5 Å². The van der Waals surface area contributed by atoms with Crippen molar-refractivity contribution < 1.29 is 14.3 Å². The second kappa shape index (κ2) is 8.04.